The van der Waals surface area contributed by atoms with Crippen LogP contribution in [0.1, 0.15) is 0 Å². The summed E-state index contributed by atoms with van der Waals surface area (Å²) in [6.07, 6.45) is 0. The van der Waals surface area contributed by atoms with Crippen LogP contribution in [0.15, 0.2) is 0 Å². The monoisotopic (exact) mass is 332 g/mol. The van der Waals surface area contributed by atoms with Gasteiger partial charge in [-0.25, -0.2) is 13.2 Å². The van der Waals surface area contributed by atoms with Gasteiger partial charge in [-0.3, -0.25) is 0 Å². The molecule has 0 amide bonds. The number of alkyl halides is 3. The van der Waals surface area contributed by atoms with Crippen molar-refractivity contribution in [3.05, 3.63) is 29.1 Å². The number of rotatable bonds is 3. The highest BCUT2D eigenvalue weighted by Crippen LogP contribution is 2.29. The van der Waals surface area contributed by atoms with Crippen LogP contribution in [-0.2, 0) is 23.5 Å². The molecule has 0 heterocycles. The molecule has 0 saturated carbocycles. The zero-order valence-corrected chi connectivity index (χ0v) is 9.55. The fraction of sp³-hybridized carbons (Fsp3) is 0.143. The Morgan fingerprint density at radius 2 is 1.20 bits per heavy atom. The molecule has 1 aromatic carbocycles. The lowest BCUT2D eigenvalue weighted by Crippen LogP contribution is -2.80. The quantitative estimate of drug-likeness (QED) is 0.229. The van der Waals surface area contributed by atoms with Crippen LogP contribution in [0.2, 0.25) is 0 Å². The average Bonchev–Trinajstić information content (AvgIpc) is 2.32. The van der Waals surface area contributed by atoms with Gasteiger partial charge in [-0.1, -0.05) is 0 Å². The van der Waals surface area contributed by atoms with Crippen molar-refractivity contribution in [2.75, 3.05) is 0 Å². The van der Waals surface area contributed by atoms with Gasteiger partial charge in [-0.15, -0.1) is 18.7 Å². The summed E-state index contributed by atoms with van der Waals surface area (Å²) in [6, 6.07) is 0. The molecule has 20 heavy (non-hydrogen) atoms. The number of quaternary nitrogens is 1. The molecular weight excluding hydrogens is 330 g/mol. The van der Waals surface area contributed by atoms with Crippen LogP contribution >= 0.6 is 0 Å². The van der Waals surface area contributed by atoms with Crippen LogP contribution < -0.4 is 5.48 Å². The minimum atomic E-state index is -6.29. The Bertz CT molecular complexity index is 559. The second-order valence-corrected chi connectivity index (χ2v) is 4.66. The number of benzene rings is 1. The molecule has 1 radical (unpaired) electrons. The van der Waals surface area contributed by atoms with Crippen molar-refractivity contribution in [3.8, 4) is 0 Å². The molecule has 1 aromatic rings. The first kappa shape index (κ1) is 16.7. The van der Waals surface area contributed by atoms with Gasteiger partial charge in [0.2, 0.25) is 34.8 Å². The topological polar surface area (TPSA) is 62.8 Å². The van der Waals surface area contributed by atoms with E-state index in [1.807, 2.05) is 0 Å². The van der Waals surface area contributed by atoms with E-state index >= 15 is 0 Å². The van der Waals surface area contributed by atoms with Crippen LogP contribution in [0.3, 0.4) is 0 Å². The third kappa shape index (κ3) is 2.89. The second kappa shape index (κ2) is 5.23. The molecule has 1 rings (SSSR count). The first-order valence-electron chi connectivity index (χ1n) is 4.24. The summed E-state index contributed by atoms with van der Waals surface area (Å²) in [4.78, 5) is 0. The van der Waals surface area contributed by atoms with E-state index in [1.165, 1.54) is 0 Å². The molecular formula is C7H2F8NO3S+2. The van der Waals surface area contributed by atoms with E-state index in [4.69, 9.17) is 0 Å². The van der Waals surface area contributed by atoms with Gasteiger partial charge in [0.25, 0.3) is 0 Å². The predicted octanol–water partition coefficient (Wildman–Crippen LogP) is 1.79. The number of nitrogens with two attached hydrogens (primary N) is 1. The van der Waals surface area contributed by atoms with Crippen molar-refractivity contribution in [1.29, 1.82) is 0 Å². The second-order valence-electron chi connectivity index (χ2n) is 3.10. The zero-order chi connectivity index (χ0) is 15.9. The van der Waals surface area contributed by atoms with Crippen molar-refractivity contribution in [2.45, 2.75) is 5.51 Å². The molecule has 0 aliphatic carbocycles. The number of hydrogen-bond acceptors (Lipinski definition) is 2. The van der Waals surface area contributed by atoms with E-state index in [9.17, 15) is 43.9 Å². The van der Waals surface area contributed by atoms with E-state index in [1.54, 1.807) is 0 Å². The third-order valence-electron chi connectivity index (χ3n) is 1.82. The van der Waals surface area contributed by atoms with Crippen molar-refractivity contribution in [3.63, 3.8) is 0 Å². The van der Waals surface area contributed by atoms with Crippen molar-refractivity contribution in [1.82, 2.24) is 0 Å². The molecule has 1 atom stereocenters. The molecule has 0 fully saturated rings. The van der Waals surface area contributed by atoms with Gasteiger partial charge in [-0.2, -0.15) is 8.78 Å². The fourth-order valence-corrected chi connectivity index (χ4v) is 1.22. The Hall–Kier alpha value is -1.31. The highest BCUT2D eigenvalue weighted by Gasteiger charge is 2.67. The number of halogens is 8. The summed E-state index contributed by atoms with van der Waals surface area (Å²) in [7, 11) is -6.29. The van der Waals surface area contributed by atoms with Crippen LogP contribution in [0.5, 0.6) is 0 Å². The minimum Gasteiger partial charge on any atom is -0.200 e. The van der Waals surface area contributed by atoms with Crippen molar-refractivity contribution < 1.29 is 53.6 Å². The smallest absolute Gasteiger partial charge is 0.200 e. The minimum absolute atomic E-state index is 0.737. The average molecular weight is 332 g/mol. The van der Waals surface area contributed by atoms with Gasteiger partial charge >= 0.3 is 16.0 Å². The van der Waals surface area contributed by atoms with E-state index in [-0.39, 0.29) is 0 Å². The molecule has 4 nitrogen and oxygen atoms in total. The van der Waals surface area contributed by atoms with Crippen molar-refractivity contribution >= 4 is 16.2 Å². The Kier molecular flexibility index (Phi) is 4.38. The van der Waals surface area contributed by atoms with Gasteiger partial charge < -0.3 is 0 Å². The van der Waals surface area contributed by atoms with Gasteiger partial charge in [0.1, 0.15) is 0 Å². The zero-order valence-electron chi connectivity index (χ0n) is 8.73. The molecule has 1 unspecified atom stereocenters. The van der Waals surface area contributed by atoms with Crippen molar-refractivity contribution in [2.24, 2.45) is 0 Å². The fourth-order valence-electron chi connectivity index (χ4n) is 0.891. The molecule has 0 aliphatic heterocycles. The molecule has 0 saturated heterocycles. The van der Waals surface area contributed by atoms with Crippen LogP contribution in [0.4, 0.5) is 40.8 Å². The Balaban J connectivity index is 3.16. The normalized spacial score (nSPS) is 15.2. The summed E-state index contributed by atoms with van der Waals surface area (Å²) in [6.45, 7) is 0. The first-order chi connectivity index (χ1) is 8.90. The maximum atomic E-state index is 13.0. The Morgan fingerprint density at radius 1 is 0.850 bits per heavy atom. The predicted molar refractivity (Wildman–Crippen MR) is 43.7 cm³/mol. The van der Waals surface area contributed by atoms with E-state index in [0.29, 0.717) is 0 Å². The van der Waals surface area contributed by atoms with E-state index in [0.717, 1.165) is 0 Å². The third-order valence-corrected chi connectivity index (χ3v) is 2.74. The summed E-state index contributed by atoms with van der Waals surface area (Å²) in [5.74, 6) is -12.6. The van der Waals surface area contributed by atoms with Gasteiger partial charge in [0, 0.05) is 0 Å². The molecule has 0 aromatic heterocycles. The van der Waals surface area contributed by atoms with Gasteiger partial charge in [-0.05, 0) is 4.21 Å². The summed E-state index contributed by atoms with van der Waals surface area (Å²) < 4.78 is 123. The standard InChI is InChI=1S/C7HF8NO3S/c8-1-2(9)4(11)6(5(12)3(1)10)16-19-20(17,18)7(13,14)15/h16H/q+1/p+1. The maximum absolute atomic E-state index is 13.0. The van der Waals surface area contributed by atoms with Crippen LogP contribution in [-0.4, -0.2) is 5.51 Å². The largest absolute Gasteiger partial charge is 0.651 e. The molecule has 13 heteroatoms. The summed E-state index contributed by atoms with van der Waals surface area (Å²) in [5, 5.41) is 0. The Morgan fingerprint density at radius 3 is 1.55 bits per heavy atom. The lowest BCUT2D eigenvalue weighted by Gasteiger charge is -2.04. The van der Waals surface area contributed by atoms with Crippen LogP contribution in [0.25, 0.3) is 0 Å². The molecule has 2 N–H and O–H groups in total. The Labute approximate surface area is 105 Å². The van der Waals surface area contributed by atoms with Gasteiger partial charge in [0.05, 0.1) is 8.84 Å². The van der Waals surface area contributed by atoms with E-state index in [2.05, 4.69) is 4.28 Å². The SMILES string of the molecule is [O][S+](=O)(O[NH2+]c1c(F)c(F)c(F)c(F)c1F)C(F)(F)F. The molecule has 0 aliphatic rings. The summed E-state index contributed by atoms with van der Waals surface area (Å²) >= 11 is 0. The highest BCUT2D eigenvalue weighted by molar-refractivity contribution is 7.93. The lowest BCUT2D eigenvalue weighted by atomic mass is 10.2. The first-order valence-corrected chi connectivity index (χ1v) is 5.65. The molecule has 0 spiro atoms. The molecule has 0 bridgehead atoms. The maximum Gasteiger partial charge on any atom is 0.651 e. The van der Waals surface area contributed by atoms with Crippen LogP contribution in [0, 0.1) is 29.1 Å². The molecule has 113 valence electrons. The lowest BCUT2D eigenvalue weighted by molar-refractivity contribution is -0.800. The number of hydrogen-bond donors (Lipinski definition) is 1. The summed E-state index contributed by atoms with van der Waals surface area (Å²) in [5.41, 5.74) is -8.64. The van der Waals surface area contributed by atoms with E-state index < -0.39 is 56.3 Å². The van der Waals surface area contributed by atoms with Gasteiger partial charge in [0.15, 0.2) is 0 Å². The highest BCUT2D eigenvalue weighted by atomic mass is 32.3.